The van der Waals surface area contributed by atoms with Gasteiger partial charge in [-0.2, -0.15) is 0 Å². The van der Waals surface area contributed by atoms with E-state index < -0.39 is 5.60 Å². The second-order valence-electron chi connectivity index (χ2n) is 6.66. The molecule has 1 aromatic carbocycles. The highest BCUT2D eigenvalue weighted by Crippen LogP contribution is 2.46. The molecule has 1 atom stereocenters. The Hall–Kier alpha value is -1.95. The number of guanidine groups is 1. The second kappa shape index (κ2) is 6.66. The monoisotopic (exact) mass is 321 g/mol. The minimum Gasteiger partial charge on any atom is -0.497 e. The highest BCUT2D eigenvalue weighted by Gasteiger charge is 2.47. The summed E-state index contributed by atoms with van der Waals surface area (Å²) in [4.78, 5) is 4.34. The van der Waals surface area contributed by atoms with Crippen molar-refractivity contribution < 1.29 is 14.6 Å². The third-order valence-corrected chi connectivity index (χ3v) is 4.83. The van der Waals surface area contributed by atoms with Crippen molar-refractivity contribution in [2.45, 2.75) is 38.7 Å². The van der Waals surface area contributed by atoms with Crippen LogP contribution < -0.4 is 20.5 Å². The molecule has 6 heteroatoms. The third kappa shape index (κ3) is 3.69. The summed E-state index contributed by atoms with van der Waals surface area (Å²) in [6.45, 7) is 4.43. The fourth-order valence-electron chi connectivity index (χ4n) is 2.99. The van der Waals surface area contributed by atoms with Gasteiger partial charge < -0.3 is 25.6 Å². The zero-order valence-corrected chi connectivity index (χ0v) is 14.3. The lowest BCUT2D eigenvalue weighted by molar-refractivity contribution is -0.0334. The molecular weight excluding hydrogens is 294 g/mol. The van der Waals surface area contributed by atoms with Crippen LogP contribution in [-0.2, 0) is 0 Å². The first-order chi connectivity index (χ1) is 10.8. The van der Waals surface area contributed by atoms with Gasteiger partial charge >= 0.3 is 0 Å². The molecule has 1 aromatic rings. The number of ether oxygens (including phenoxy) is 2. The van der Waals surface area contributed by atoms with Gasteiger partial charge in [0.1, 0.15) is 11.5 Å². The van der Waals surface area contributed by atoms with Crippen LogP contribution in [0.15, 0.2) is 23.2 Å². The van der Waals surface area contributed by atoms with E-state index in [1.165, 1.54) is 0 Å². The Balaban J connectivity index is 2.11. The first kappa shape index (κ1) is 17.4. The molecular formula is C17H27N3O3. The van der Waals surface area contributed by atoms with E-state index in [2.05, 4.69) is 24.2 Å². The van der Waals surface area contributed by atoms with Crippen molar-refractivity contribution in [2.75, 3.05) is 26.1 Å². The molecule has 1 saturated carbocycles. The standard InChI is InChI=1S/C17H27N3O3/c1-16(2)8-5-9-17(16,21)11-19-15(18)20-13-10-12(22-3)6-7-14(13)23-4/h6-7,10,21H,5,8-9,11H2,1-4H3,(H3,18,19,20). The van der Waals surface area contributed by atoms with Crippen LogP contribution in [0.25, 0.3) is 0 Å². The number of anilines is 1. The number of aliphatic imine (C=N–C) groups is 1. The maximum Gasteiger partial charge on any atom is 0.193 e. The Morgan fingerprint density at radius 2 is 2.04 bits per heavy atom. The van der Waals surface area contributed by atoms with Gasteiger partial charge in [-0.3, -0.25) is 4.99 Å². The van der Waals surface area contributed by atoms with Gasteiger partial charge in [0.15, 0.2) is 5.96 Å². The number of nitrogens with zero attached hydrogens (tertiary/aromatic N) is 1. The van der Waals surface area contributed by atoms with E-state index in [0.717, 1.165) is 19.3 Å². The highest BCUT2D eigenvalue weighted by molar-refractivity contribution is 5.94. The molecule has 6 nitrogen and oxygen atoms in total. The van der Waals surface area contributed by atoms with Crippen LogP contribution >= 0.6 is 0 Å². The van der Waals surface area contributed by atoms with Crippen LogP contribution in [-0.4, -0.2) is 37.4 Å². The lowest BCUT2D eigenvalue weighted by Crippen LogP contribution is -2.43. The summed E-state index contributed by atoms with van der Waals surface area (Å²) < 4.78 is 10.5. The molecule has 1 aliphatic rings. The maximum absolute atomic E-state index is 10.8. The number of nitrogens with two attached hydrogens (primary N) is 1. The fraction of sp³-hybridized carbons (Fsp3) is 0.588. The topological polar surface area (TPSA) is 89.1 Å². The summed E-state index contributed by atoms with van der Waals surface area (Å²) in [5.74, 6) is 1.58. The number of hydrogen-bond acceptors (Lipinski definition) is 4. The van der Waals surface area contributed by atoms with E-state index in [-0.39, 0.29) is 17.9 Å². The Bertz CT molecular complexity index is 586. The molecule has 1 unspecified atom stereocenters. The molecule has 128 valence electrons. The average molecular weight is 321 g/mol. The van der Waals surface area contributed by atoms with Gasteiger partial charge in [0.2, 0.25) is 0 Å². The molecule has 0 aromatic heterocycles. The maximum atomic E-state index is 10.8. The molecule has 0 bridgehead atoms. The van der Waals surface area contributed by atoms with Gasteiger partial charge in [-0.1, -0.05) is 13.8 Å². The lowest BCUT2D eigenvalue weighted by Gasteiger charge is -2.35. The Morgan fingerprint density at radius 1 is 1.30 bits per heavy atom. The normalized spacial score (nSPS) is 23.6. The van der Waals surface area contributed by atoms with Crippen LogP contribution in [0.3, 0.4) is 0 Å². The molecule has 1 aliphatic carbocycles. The van der Waals surface area contributed by atoms with Crippen molar-refractivity contribution in [3.63, 3.8) is 0 Å². The van der Waals surface area contributed by atoms with E-state index in [1.54, 1.807) is 32.4 Å². The lowest BCUT2D eigenvalue weighted by atomic mass is 9.78. The van der Waals surface area contributed by atoms with Gasteiger partial charge in [-0.15, -0.1) is 0 Å². The molecule has 0 aliphatic heterocycles. The fourth-order valence-corrected chi connectivity index (χ4v) is 2.99. The largest absolute Gasteiger partial charge is 0.497 e. The van der Waals surface area contributed by atoms with Crippen molar-refractivity contribution in [2.24, 2.45) is 16.1 Å². The first-order valence-electron chi connectivity index (χ1n) is 7.83. The van der Waals surface area contributed by atoms with E-state index in [1.807, 2.05) is 0 Å². The number of methoxy groups -OCH3 is 2. The number of aliphatic hydroxyl groups is 1. The number of benzene rings is 1. The van der Waals surface area contributed by atoms with Gasteiger partial charge in [-0.25, -0.2) is 0 Å². The number of hydrogen-bond donors (Lipinski definition) is 3. The zero-order chi connectivity index (χ0) is 17.1. The first-order valence-corrected chi connectivity index (χ1v) is 7.83. The smallest absolute Gasteiger partial charge is 0.193 e. The van der Waals surface area contributed by atoms with E-state index >= 15 is 0 Å². The summed E-state index contributed by atoms with van der Waals surface area (Å²) in [6.07, 6.45) is 2.76. The molecule has 23 heavy (non-hydrogen) atoms. The zero-order valence-electron chi connectivity index (χ0n) is 14.3. The second-order valence-corrected chi connectivity index (χ2v) is 6.66. The average Bonchev–Trinajstić information content (AvgIpc) is 2.79. The SMILES string of the molecule is COc1ccc(OC)c(NC(N)=NCC2(O)CCCC2(C)C)c1. The molecule has 0 saturated heterocycles. The van der Waals surface area contributed by atoms with Crippen LogP contribution in [0.2, 0.25) is 0 Å². The molecule has 0 heterocycles. The molecule has 0 amide bonds. The Labute approximate surface area is 137 Å². The van der Waals surface area contributed by atoms with Crippen LogP contribution in [0.4, 0.5) is 5.69 Å². The van der Waals surface area contributed by atoms with Crippen LogP contribution in [0.5, 0.6) is 11.5 Å². The molecule has 4 N–H and O–H groups in total. The Kier molecular flexibility index (Phi) is 5.04. The molecule has 0 radical (unpaired) electrons. The molecule has 2 rings (SSSR count). The van der Waals surface area contributed by atoms with Crippen molar-refractivity contribution >= 4 is 11.6 Å². The van der Waals surface area contributed by atoms with Crippen molar-refractivity contribution in [3.8, 4) is 11.5 Å². The van der Waals surface area contributed by atoms with Crippen LogP contribution in [0.1, 0.15) is 33.1 Å². The predicted molar refractivity (Wildman–Crippen MR) is 92.2 cm³/mol. The molecule has 1 fully saturated rings. The van der Waals surface area contributed by atoms with Crippen molar-refractivity contribution in [1.82, 2.24) is 0 Å². The summed E-state index contributed by atoms with van der Waals surface area (Å²) >= 11 is 0. The number of nitrogens with one attached hydrogen (secondary N) is 1. The minimum atomic E-state index is -0.808. The summed E-state index contributed by atoms with van der Waals surface area (Å²) in [6, 6.07) is 5.39. The van der Waals surface area contributed by atoms with Gasteiger partial charge in [0.25, 0.3) is 0 Å². The predicted octanol–water partition coefficient (Wildman–Crippen LogP) is 2.37. The quantitative estimate of drug-likeness (QED) is 0.572. The van der Waals surface area contributed by atoms with Crippen molar-refractivity contribution in [3.05, 3.63) is 18.2 Å². The van der Waals surface area contributed by atoms with Gasteiger partial charge in [0.05, 0.1) is 32.1 Å². The van der Waals surface area contributed by atoms with E-state index in [4.69, 9.17) is 15.2 Å². The van der Waals surface area contributed by atoms with Crippen LogP contribution in [0, 0.1) is 5.41 Å². The van der Waals surface area contributed by atoms with Gasteiger partial charge in [0, 0.05) is 6.07 Å². The van der Waals surface area contributed by atoms with E-state index in [9.17, 15) is 5.11 Å². The summed E-state index contributed by atoms with van der Waals surface area (Å²) in [5, 5.41) is 13.8. The molecule has 0 spiro atoms. The third-order valence-electron chi connectivity index (χ3n) is 4.83. The number of rotatable bonds is 5. The minimum absolute atomic E-state index is 0.148. The van der Waals surface area contributed by atoms with E-state index in [0.29, 0.717) is 17.2 Å². The Morgan fingerprint density at radius 3 is 2.61 bits per heavy atom. The van der Waals surface area contributed by atoms with Crippen molar-refractivity contribution in [1.29, 1.82) is 0 Å². The highest BCUT2D eigenvalue weighted by atomic mass is 16.5. The van der Waals surface area contributed by atoms with Gasteiger partial charge in [-0.05, 0) is 36.8 Å². The summed E-state index contributed by atoms with van der Waals surface area (Å²) in [5.41, 5.74) is 5.69. The summed E-state index contributed by atoms with van der Waals surface area (Å²) in [7, 11) is 3.19.